The summed E-state index contributed by atoms with van der Waals surface area (Å²) in [5.41, 5.74) is 1.55. The van der Waals surface area contributed by atoms with Gasteiger partial charge in [-0.1, -0.05) is 5.16 Å². The van der Waals surface area contributed by atoms with Crippen molar-refractivity contribution >= 4 is 10.0 Å². The SMILES string of the molecule is Cc1noc(C)c1C(C)NS(=O)(=O)CC1CCCN1. The minimum atomic E-state index is -3.31. The molecular formula is C12H21N3O3S. The van der Waals surface area contributed by atoms with Crippen LogP contribution in [0.25, 0.3) is 0 Å². The third-order valence-electron chi connectivity index (χ3n) is 3.46. The molecule has 1 aliphatic heterocycles. The fourth-order valence-electron chi connectivity index (χ4n) is 2.65. The second-order valence-corrected chi connectivity index (χ2v) is 6.95. The van der Waals surface area contributed by atoms with Crippen molar-refractivity contribution in [3.63, 3.8) is 0 Å². The molecule has 0 aromatic carbocycles. The Balaban J connectivity index is 2.03. The third kappa shape index (κ3) is 3.55. The van der Waals surface area contributed by atoms with Gasteiger partial charge in [0, 0.05) is 17.6 Å². The molecule has 1 fully saturated rings. The number of hydrogen-bond donors (Lipinski definition) is 2. The summed E-state index contributed by atoms with van der Waals surface area (Å²) in [6.45, 7) is 6.32. The summed E-state index contributed by atoms with van der Waals surface area (Å²) in [7, 11) is -3.31. The summed E-state index contributed by atoms with van der Waals surface area (Å²) >= 11 is 0. The molecule has 1 aliphatic rings. The van der Waals surface area contributed by atoms with Crippen LogP contribution in [0.3, 0.4) is 0 Å². The quantitative estimate of drug-likeness (QED) is 0.845. The van der Waals surface area contributed by atoms with Crippen molar-refractivity contribution in [2.24, 2.45) is 0 Å². The van der Waals surface area contributed by atoms with Crippen LogP contribution < -0.4 is 10.0 Å². The Kier molecular flexibility index (Phi) is 4.27. The highest BCUT2D eigenvalue weighted by molar-refractivity contribution is 7.89. The zero-order chi connectivity index (χ0) is 14.0. The highest BCUT2D eigenvalue weighted by Crippen LogP contribution is 2.21. The maximum absolute atomic E-state index is 12.1. The molecule has 108 valence electrons. The average molecular weight is 287 g/mol. The van der Waals surface area contributed by atoms with Gasteiger partial charge in [0.25, 0.3) is 0 Å². The molecule has 7 heteroatoms. The van der Waals surface area contributed by atoms with E-state index in [-0.39, 0.29) is 17.8 Å². The van der Waals surface area contributed by atoms with E-state index in [1.165, 1.54) is 0 Å². The highest BCUT2D eigenvalue weighted by Gasteiger charge is 2.25. The molecule has 19 heavy (non-hydrogen) atoms. The molecule has 0 amide bonds. The van der Waals surface area contributed by atoms with Crippen LogP contribution >= 0.6 is 0 Å². The second kappa shape index (κ2) is 5.60. The minimum absolute atomic E-state index is 0.0642. The molecule has 0 saturated carbocycles. The Labute approximate surface area is 114 Å². The predicted molar refractivity (Wildman–Crippen MR) is 72.3 cm³/mol. The maximum atomic E-state index is 12.1. The lowest BCUT2D eigenvalue weighted by molar-refractivity contribution is 0.391. The molecule has 1 aromatic rings. The van der Waals surface area contributed by atoms with Gasteiger partial charge in [-0.25, -0.2) is 13.1 Å². The van der Waals surface area contributed by atoms with Crippen molar-refractivity contribution in [1.29, 1.82) is 0 Å². The Morgan fingerprint density at radius 2 is 2.26 bits per heavy atom. The fourth-order valence-corrected chi connectivity index (χ4v) is 4.22. The summed E-state index contributed by atoms with van der Waals surface area (Å²) in [6.07, 6.45) is 1.96. The van der Waals surface area contributed by atoms with Crippen LogP contribution in [0.5, 0.6) is 0 Å². The van der Waals surface area contributed by atoms with E-state index >= 15 is 0 Å². The van der Waals surface area contributed by atoms with Crippen molar-refractivity contribution in [3.8, 4) is 0 Å². The third-order valence-corrected chi connectivity index (χ3v) is 5.01. The van der Waals surface area contributed by atoms with Crippen molar-refractivity contribution in [2.75, 3.05) is 12.3 Å². The first-order valence-electron chi connectivity index (χ1n) is 6.55. The molecule has 2 N–H and O–H groups in total. The molecule has 0 aliphatic carbocycles. The maximum Gasteiger partial charge on any atom is 0.213 e. The van der Waals surface area contributed by atoms with E-state index in [9.17, 15) is 8.42 Å². The van der Waals surface area contributed by atoms with Gasteiger partial charge in [0.15, 0.2) is 0 Å². The molecule has 2 atom stereocenters. The van der Waals surface area contributed by atoms with Crippen LogP contribution in [-0.2, 0) is 10.0 Å². The summed E-state index contributed by atoms with van der Waals surface area (Å²) in [4.78, 5) is 0. The van der Waals surface area contributed by atoms with E-state index in [4.69, 9.17) is 4.52 Å². The Bertz CT molecular complexity index is 513. The molecule has 2 heterocycles. The topological polar surface area (TPSA) is 84.2 Å². The highest BCUT2D eigenvalue weighted by atomic mass is 32.2. The van der Waals surface area contributed by atoms with Crippen LogP contribution in [0.15, 0.2) is 4.52 Å². The second-order valence-electron chi connectivity index (χ2n) is 5.15. The van der Waals surface area contributed by atoms with Crippen LogP contribution in [-0.4, -0.2) is 31.9 Å². The van der Waals surface area contributed by atoms with Crippen molar-refractivity contribution in [2.45, 2.75) is 45.7 Å². The normalized spacial score (nSPS) is 21.7. The lowest BCUT2D eigenvalue weighted by Crippen LogP contribution is -2.37. The summed E-state index contributed by atoms with van der Waals surface area (Å²) in [6, 6.07) is -0.257. The molecule has 0 spiro atoms. The number of nitrogens with one attached hydrogen (secondary N) is 2. The van der Waals surface area contributed by atoms with Crippen molar-refractivity contribution < 1.29 is 12.9 Å². The summed E-state index contributed by atoms with van der Waals surface area (Å²) < 4.78 is 32.0. The average Bonchev–Trinajstić information content (AvgIpc) is 2.87. The number of hydrogen-bond acceptors (Lipinski definition) is 5. The van der Waals surface area contributed by atoms with Crippen LogP contribution in [0.2, 0.25) is 0 Å². The Hall–Kier alpha value is -0.920. The first-order chi connectivity index (χ1) is 8.89. The molecule has 1 saturated heterocycles. The number of sulfonamides is 1. The number of aryl methyl sites for hydroxylation is 2. The van der Waals surface area contributed by atoms with Gasteiger partial charge >= 0.3 is 0 Å². The van der Waals surface area contributed by atoms with Gasteiger partial charge in [0.2, 0.25) is 10.0 Å². The van der Waals surface area contributed by atoms with Crippen LogP contribution in [0, 0.1) is 13.8 Å². The first kappa shape index (κ1) is 14.5. The smallest absolute Gasteiger partial charge is 0.213 e. The molecule has 2 unspecified atom stereocenters. The Morgan fingerprint density at radius 1 is 1.53 bits per heavy atom. The molecule has 6 nitrogen and oxygen atoms in total. The number of rotatable bonds is 5. The monoisotopic (exact) mass is 287 g/mol. The minimum Gasteiger partial charge on any atom is -0.361 e. The number of nitrogens with zero attached hydrogens (tertiary/aromatic N) is 1. The largest absolute Gasteiger partial charge is 0.361 e. The molecule has 0 bridgehead atoms. The van der Waals surface area contributed by atoms with E-state index in [1.807, 2.05) is 13.8 Å². The fraction of sp³-hybridized carbons (Fsp3) is 0.750. The van der Waals surface area contributed by atoms with Gasteiger partial charge in [-0.15, -0.1) is 0 Å². The van der Waals surface area contributed by atoms with Gasteiger partial charge in [0.05, 0.1) is 11.4 Å². The molecule has 2 rings (SSSR count). The van der Waals surface area contributed by atoms with Crippen molar-refractivity contribution in [3.05, 3.63) is 17.0 Å². The van der Waals surface area contributed by atoms with E-state index in [1.54, 1.807) is 6.92 Å². The van der Waals surface area contributed by atoms with E-state index in [0.717, 1.165) is 30.6 Å². The zero-order valence-corrected chi connectivity index (χ0v) is 12.4. The van der Waals surface area contributed by atoms with E-state index in [0.29, 0.717) is 5.76 Å². The van der Waals surface area contributed by atoms with Crippen molar-refractivity contribution in [1.82, 2.24) is 15.2 Å². The summed E-state index contributed by atoms with van der Waals surface area (Å²) in [5, 5.41) is 7.04. The van der Waals surface area contributed by atoms with Crippen LogP contribution in [0.4, 0.5) is 0 Å². The lowest BCUT2D eigenvalue weighted by Gasteiger charge is -2.16. The standard InChI is InChI=1S/C12H21N3O3S/c1-8-12(10(3)18-14-8)9(2)15-19(16,17)7-11-5-4-6-13-11/h9,11,13,15H,4-7H2,1-3H3. The zero-order valence-electron chi connectivity index (χ0n) is 11.6. The van der Waals surface area contributed by atoms with Crippen LogP contribution in [0.1, 0.15) is 42.8 Å². The van der Waals surface area contributed by atoms with E-state index < -0.39 is 10.0 Å². The van der Waals surface area contributed by atoms with E-state index in [2.05, 4.69) is 15.2 Å². The predicted octanol–water partition coefficient (Wildman–Crippen LogP) is 1.02. The van der Waals surface area contributed by atoms with Gasteiger partial charge < -0.3 is 9.84 Å². The molecule has 1 aromatic heterocycles. The Morgan fingerprint density at radius 3 is 2.79 bits per heavy atom. The van der Waals surface area contributed by atoms with Gasteiger partial charge in [0.1, 0.15) is 5.76 Å². The van der Waals surface area contributed by atoms with Gasteiger partial charge in [-0.3, -0.25) is 0 Å². The first-order valence-corrected chi connectivity index (χ1v) is 8.20. The summed E-state index contributed by atoms with van der Waals surface area (Å²) in [5.74, 6) is 0.785. The molecular weight excluding hydrogens is 266 g/mol. The molecule has 0 radical (unpaired) electrons. The lowest BCUT2D eigenvalue weighted by atomic mass is 10.1. The van der Waals surface area contributed by atoms with Gasteiger partial charge in [-0.05, 0) is 40.2 Å². The number of aromatic nitrogens is 1. The van der Waals surface area contributed by atoms with Gasteiger partial charge in [-0.2, -0.15) is 0 Å².